The second kappa shape index (κ2) is 9.82. The predicted molar refractivity (Wildman–Crippen MR) is 88.1 cm³/mol. The minimum atomic E-state index is -0.413. The van der Waals surface area contributed by atoms with E-state index >= 15 is 0 Å². The Morgan fingerprint density at radius 3 is 2.18 bits per heavy atom. The molecule has 1 aliphatic rings. The maximum absolute atomic E-state index is 11.7. The SMILES string of the molecule is CC.CC(=O)Nc1ccc(OC(=O)NC2CCCCC2)cc1. The first-order chi connectivity index (χ1) is 10.6. The Labute approximate surface area is 132 Å². The summed E-state index contributed by atoms with van der Waals surface area (Å²) in [6.45, 7) is 5.45. The quantitative estimate of drug-likeness (QED) is 0.883. The van der Waals surface area contributed by atoms with Crippen molar-refractivity contribution in [3.63, 3.8) is 0 Å². The highest BCUT2D eigenvalue weighted by Crippen LogP contribution is 2.19. The molecule has 1 aliphatic carbocycles. The van der Waals surface area contributed by atoms with E-state index in [9.17, 15) is 9.59 Å². The topological polar surface area (TPSA) is 67.4 Å². The smallest absolute Gasteiger partial charge is 0.410 e. The van der Waals surface area contributed by atoms with Crippen LogP contribution in [0.25, 0.3) is 0 Å². The minimum absolute atomic E-state index is 0.131. The fraction of sp³-hybridized carbons (Fsp3) is 0.529. The van der Waals surface area contributed by atoms with Gasteiger partial charge in [0, 0.05) is 18.7 Å². The van der Waals surface area contributed by atoms with Crippen LogP contribution in [0.2, 0.25) is 0 Å². The van der Waals surface area contributed by atoms with Crippen LogP contribution in [0.1, 0.15) is 52.9 Å². The lowest BCUT2D eigenvalue weighted by atomic mass is 9.96. The van der Waals surface area contributed by atoms with Crippen molar-refractivity contribution in [3.8, 4) is 5.75 Å². The van der Waals surface area contributed by atoms with E-state index in [4.69, 9.17) is 4.74 Å². The number of carbonyl (C=O) groups excluding carboxylic acids is 2. The zero-order valence-electron chi connectivity index (χ0n) is 13.6. The summed E-state index contributed by atoms with van der Waals surface area (Å²) in [6, 6.07) is 6.95. The Hall–Kier alpha value is -2.04. The van der Waals surface area contributed by atoms with Crippen LogP contribution in [0.5, 0.6) is 5.75 Å². The molecule has 1 aromatic carbocycles. The average Bonchev–Trinajstić information content (AvgIpc) is 2.52. The van der Waals surface area contributed by atoms with Gasteiger partial charge >= 0.3 is 6.09 Å². The van der Waals surface area contributed by atoms with E-state index in [1.807, 2.05) is 13.8 Å². The van der Waals surface area contributed by atoms with Crippen molar-refractivity contribution in [2.75, 3.05) is 5.32 Å². The van der Waals surface area contributed by atoms with E-state index in [1.165, 1.54) is 13.3 Å². The molecular formula is C17H26N2O3. The van der Waals surface area contributed by atoms with E-state index in [0.717, 1.165) is 25.7 Å². The molecule has 22 heavy (non-hydrogen) atoms. The molecule has 1 aromatic rings. The number of carbonyl (C=O) groups is 2. The van der Waals surface area contributed by atoms with E-state index < -0.39 is 6.09 Å². The van der Waals surface area contributed by atoms with Gasteiger partial charge < -0.3 is 15.4 Å². The summed E-state index contributed by atoms with van der Waals surface area (Å²) >= 11 is 0. The highest BCUT2D eigenvalue weighted by Gasteiger charge is 2.16. The van der Waals surface area contributed by atoms with Gasteiger partial charge in [0.1, 0.15) is 5.75 Å². The largest absolute Gasteiger partial charge is 0.412 e. The fourth-order valence-electron chi connectivity index (χ4n) is 2.36. The number of hydrogen-bond acceptors (Lipinski definition) is 3. The summed E-state index contributed by atoms with van der Waals surface area (Å²) in [4.78, 5) is 22.6. The predicted octanol–water partition coefficient (Wildman–Crippen LogP) is 4.09. The summed E-state index contributed by atoms with van der Waals surface area (Å²) in [5.74, 6) is 0.334. The second-order valence-corrected chi connectivity index (χ2v) is 5.07. The van der Waals surface area contributed by atoms with E-state index in [2.05, 4.69) is 10.6 Å². The van der Waals surface area contributed by atoms with Crippen LogP contribution in [0.3, 0.4) is 0 Å². The number of ether oxygens (including phenoxy) is 1. The van der Waals surface area contributed by atoms with Crippen LogP contribution in [0.15, 0.2) is 24.3 Å². The van der Waals surface area contributed by atoms with Gasteiger partial charge in [-0.05, 0) is 37.1 Å². The van der Waals surface area contributed by atoms with Gasteiger partial charge in [-0.2, -0.15) is 0 Å². The van der Waals surface area contributed by atoms with Gasteiger partial charge in [0.05, 0.1) is 0 Å². The molecule has 2 N–H and O–H groups in total. The summed E-state index contributed by atoms with van der Waals surface area (Å²) in [6.07, 6.45) is 5.21. The van der Waals surface area contributed by atoms with Crippen LogP contribution >= 0.6 is 0 Å². The molecule has 5 heteroatoms. The molecule has 2 amide bonds. The molecule has 0 aliphatic heterocycles. The van der Waals surface area contributed by atoms with E-state index in [0.29, 0.717) is 11.4 Å². The summed E-state index contributed by atoms with van der Waals surface area (Å²) in [5.41, 5.74) is 0.678. The Morgan fingerprint density at radius 1 is 1.05 bits per heavy atom. The molecule has 0 spiro atoms. The second-order valence-electron chi connectivity index (χ2n) is 5.07. The fourth-order valence-corrected chi connectivity index (χ4v) is 2.36. The third-order valence-electron chi connectivity index (χ3n) is 3.31. The molecule has 0 unspecified atom stereocenters. The zero-order valence-corrected chi connectivity index (χ0v) is 13.6. The molecule has 0 radical (unpaired) electrons. The first-order valence-electron chi connectivity index (χ1n) is 7.99. The Kier molecular flexibility index (Phi) is 8.04. The van der Waals surface area contributed by atoms with Gasteiger partial charge in [0.25, 0.3) is 0 Å². The van der Waals surface area contributed by atoms with Gasteiger partial charge in [-0.1, -0.05) is 33.1 Å². The molecule has 1 fully saturated rings. The summed E-state index contributed by atoms with van der Waals surface area (Å²) < 4.78 is 5.21. The van der Waals surface area contributed by atoms with E-state index in [-0.39, 0.29) is 11.9 Å². The van der Waals surface area contributed by atoms with Crippen molar-refractivity contribution < 1.29 is 14.3 Å². The summed E-state index contributed by atoms with van der Waals surface area (Å²) in [7, 11) is 0. The van der Waals surface area contributed by atoms with Gasteiger partial charge in [-0.3, -0.25) is 4.79 Å². The molecular weight excluding hydrogens is 280 g/mol. The lowest BCUT2D eigenvalue weighted by molar-refractivity contribution is -0.114. The Balaban J connectivity index is 0.00000116. The first-order valence-corrected chi connectivity index (χ1v) is 7.99. The van der Waals surface area contributed by atoms with Crippen LogP contribution in [-0.2, 0) is 4.79 Å². The van der Waals surface area contributed by atoms with Crippen molar-refractivity contribution in [3.05, 3.63) is 24.3 Å². The maximum Gasteiger partial charge on any atom is 0.412 e. The average molecular weight is 306 g/mol. The van der Waals surface area contributed by atoms with Crippen molar-refractivity contribution >= 4 is 17.7 Å². The molecule has 0 heterocycles. The maximum atomic E-state index is 11.7. The number of nitrogens with one attached hydrogen (secondary N) is 2. The zero-order chi connectivity index (χ0) is 16.4. The number of hydrogen-bond donors (Lipinski definition) is 2. The standard InChI is InChI=1S/C15H20N2O3.C2H6/c1-11(18)16-13-7-9-14(10-8-13)20-15(19)17-12-5-3-2-4-6-12;1-2/h7-10,12H,2-6H2,1H3,(H,16,18)(H,17,19);1-2H3. The van der Waals surface area contributed by atoms with Crippen LogP contribution in [0.4, 0.5) is 10.5 Å². The first kappa shape index (κ1) is 18.0. The van der Waals surface area contributed by atoms with Gasteiger partial charge in [-0.15, -0.1) is 0 Å². The molecule has 0 atom stereocenters. The van der Waals surface area contributed by atoms with E-state index in [1.54, 1.807) is 24.3 Å². The number of anilines is 1. The molecule has 122 valence electrons. The molecule has 5 nitrogen and oxygen atoms in total. The third kappa shape index (κ3) is 6.61. The lowest BCUT2D eigenvalue weighted by Gasteiger charge is -2.22. The third-order valence-corrected chi connectivity index (χ3v) is 3.31. The molecule has 1 saturated carbocycles. The van der Waals surface area contributed by atoms with Crippen molar-refractivity contribution in [2.45, 2.75) is 58.9 Å². The highest BCUT2D eigenvalue weighted by atomic mass is 16.6. The summed E-state index contributed by atoms with van der Waals surface area (Å²) in [5, 5.41) is 5.54. The van der Waals surface area contributed by atoms with Crippen LogP contribution < -0.4 is 15.4 Å². The van der Waals surface area contributed by atoms with Gasteiger partial charge in [0.15, 0.2) is 0 Å². The van der Waals surface area contributed by atoms with Crippen molar-refractivity contribution in [2.24, 2.45) is 0 Å². The lowest BCUT2D eigenvalue weighted by Crippen LogP contribution is -2.37. The molecule has 0 bridgehead atoms. The van der Waals surface area contributed by atoms with Crippen LogP contribution in [0, 0.1) is 0 Å². The Bertz CT molecular complexity index is 465. The molecule has 0 aromatic heterocycles. The number of amides is 2. The van der Waals surface area contributed by atoms with Crippen molar-refractivity contribution in [1.82, 2.24) is 5.32 Å². The van der Waals surface area contributed by atoms with Gasteiger partial charge in [0.2, 0.25) is 5.91 Å². The van der Waals surface area contributed by atoms with Gasteiger partial charge in [-0.25, -0.2) is 4.79 Å². The Morgan fingerprint density at radius 2 is 1.64 bits per heavy atom. The number of rotatable bonds is 3. The minimum Gasteiger partial charge on any atom is -0.410 e. The van der Waals surface area contributed by atoms with Crippen molar-refractivity contribution in [1.29, 1.82) is 0 Å². The van der Waals surface area contributed by atoms with Crippen LogP contribution in [-0.4, -0.2) is 18.0 Å². The molecule has 0 saturated heterocycles. The molecule has 2 rings (SSSR count). The normalized spacial score (nSPS) is 14.3. The highest BCUT2D eigenvalue weighted by molar-refractivity contribution is 5.88. The monoisotopic (exact) mass is 306 g/mol. The number of benzene rings is 1.